The lowest BCUT2D eigenvalue weighted by Gasteiger charge is -2.60. The third-order valence-electron chi connectivity index (χ3n) is 30.3. The normalized spacial score (nSPS) is 33.6. The molecule has 0 radical (unpaired) electrons. The van der Waals surface area contributed by atoms with E-state index in [0.29, 0.717) is 39.3 Å². The van der Waals surface area contributed by atoms with E-state index in [0.717, 1.165) is 78.6 Å². The van der Waals surface area contributed by atoms with Gasteiger partial charge in [0.1, 0.15) is 74.4 Å². The monoisotopic (exact) mass is 2090 g/mol. The Morgan fingerprint density at radius 3 is 1.15 bits per heavy atom. The second-order valence-electron chi connectivity index (χ2n) is 40.1. The highest BCUT2D eigenvalue weighted by molar-refractivity contribution is 7.44. The highest BCUT2D eigenvalue weighted by Crippen LogP contribution is 2.67. The first kappa shape index (κ1) is 102. The fraction of sp³-hybridized carbons (Fsp3) is 0.479. The van der Waals surface area contributed by atoms with Gasteiger partial charge in [-0.2, -0.15) is 5.26 Å². The van der Waals surface area contributed by atoms with Crippen LogP contribution in [0.3, 0.4) is 0 Å². The number of hydrogen-bond donors (Lipinski definition) is 5. The van der Waals surface area contributed by atoms with E-state index in [1.54, 1.807) is 28.4 Å². The van der Waals surface area contributed by atoms with Gasteiger partial charge in [0, 0.05) is 37.8 Å². The molecule has 150 heavy (non-hydrogen) atoms. The van der Waals surface area contributed by atoms with Gasteiger partial charge in [0.2, 0.25) is 0 Å². The first-order valence-electron chi connectivity index (χ1n) is 53.6. The zero-order valence-electron chi connectivity index (χ0n) is 90.3. The molecule has 33 heteroatoms. The Hall–Kier alpha value is -9.76. The fourth-order valence-electron chi connectivity index (χ4n) is 23.0. The van der Waals surface area contributed by atoms with Gasteiger partial charge in [-0.05, 0) is 132 Å². The van der Waals surface area contributed by atoms with E-state index < -0.39 is 159 Å². The van der Waals surface area contributed by atoms with E-state index in [1.165, 1.54) is 0 Å². The van der Waals surface area contributed by atoms with Gasteiger partial charge in [-0.25, -0.2) is 4.67 Å². The van der Waals surface area contributed by atoms with E-state index >= 15 is 0 Å². The highest BCUT2D eigenvalue weighted by Gasteiger charge is 2.78. The summed E-state index contributed by atoms with van der Waals surface area (Å²) in [6.45, 7) is 5.50. The number of hydrogen-bond acceptors (Lipinski definition) is 32. The van der Waals surface area contributed by atoms with Crippen LogP contribution in [0.2, 0.25) is 0 Å². The zero-order chi connectivity index (χ0) is 109. The molecule has 23 rings (SSSR count). The Morgan fingerprint density at radius 2 is 0.740 bits per heavy atom. The quantitative estimate of drug-likeness (QED) is 0.0135. The predicted molar refractivity (Wildman–Crippen MR) is 546 cm³/mol. The summed E-state index contributed by atoms with van der Waals surface area (Å²) in [5.74, 6) is -3.21. The molecular formula is C117H137N2O30P. The summed E-state index contributed by atoms with van der Waals surface area (Å²) < 4.78 is 192. The van der Waals surface area contributed by atoms with E-state index in [2.05, 4.69) is 50.6 Å². The van der Waals surface area contributed by atoms with Crippen molar-refractivity contribution in [2.75, 3.05) is 135 Å². The maximum Gasteiger partial charge on any atom is 0.261 e. The number of nitriles is 1. The van der Waals surface area contributed by atoms with Crippen molar-refractivity contribution in [1.29, 1.82) is 5.26 Å². The first-order chi connectivity index (χ1) is 75.0. The Labute approximate surface area is 883 Å². The molecule has 0 aromatic heterocycles. The minimum Gasteiger partial charge on any atom is -0.497 e. The van der Waals surface area contributed by atoms with Crippen molar-refractivity contribution in [3.8, 4) is 29.1 Å². The summed E-state index contributed by atoms with van der Waals surface area (Å²) in [6, 6.07) is 93.0. The van der Waals surface area contributed by atoms with E-state index in [-0.39, 0.29) is 110 Å². The SMILES string of the molecule is [3H][C@@H]1O[C@@]2(CO)CC3(O)OCO[C@H]1C32.[3H][C@@H]1O[C@@]2(COC(c3ccccc3)(c3ccc(OC)cc3)c3ccc(OC)cc3)CC3(O)OCO[C@H]1C32.[3H][C@@H]1O[C@@]2(COC(c3ccccc3)(c3ccc(OC)cc3)c3ccc(OC)cc3)CC3(OP(OCCC#N)N(C(C)C)C(C)C)OCO[C@H]1C32.[3H][C@@H]1O[C@@]2(COCc3ccccc3)CC3(OCc4ccccc4)OCO[C@H]1C32.[3H][C@@H]1O[C@](CO)(COCc2ccccc2)C(OCc2ccccc2)[C@@H]1O. The highest BCUT2D eigenvalue weighted by atomic mass is 31.2. The molecule has 10 aromatic carbocycles. The molecule has 0 bridgehead atoms. The van der Waals surface area contributed by atoms with Crippen LogP contribution in [0, 0.1) is 35.0 Å². The minimum absolute atomic E-state index is 0.0160. The summed E-state index contributed by atoms with van der Waals surface area (Å²) in [7, 11) is 4.92. The Balaban J connectivity index is 0.000000126. The number of methoxy groups -OCH3 is 4. The summed E-state index contributed by atoms with van der Waals surface area (Å²) >= 11 is 0. The number of aliphatic hydroxyl groups excluding tert-OH is 3. The first-order valence-corrected chi connectivity index (χ1v) is 51.8. The Kier molecular flexibility index (Phi) is 32.2. The summed E-state index contributed by atoms with van der Waals surface area (Å²) in [6.07, 6.45) is -2.54. The van der Waals surface area contributed by atoms with Crippen molar-refractivity contribution >= 4 is 8.53 Å². The van der Waals surface area contributed by atoms with Crippen LogP contribution in [-0.4, -0.2) is 265 Å². The standard InChI is InChI=1S/C38H47N2O8P.C29H30O7.C22H24O5.C20H24O5.C8H12O5/c1-27(2)40(28(3)4)49(47-22-10-21-39)48-37-24-36(35(37)34(23-44-36)43-26-46-37)25-45-38(29-11-8-7-9-12-29,30-13-17-32(41-5)18-14-30)31-15-19-33(42-6)20-16-31;1-31-23-12-8-21(9-13-23)29(20-6-4-3-5-7-20,22-10-14-24(32-2)15-11-22)35-18-27-17-28(30)26(27)25(16-34-27)33-19-36-28;1-3-7-17(8-4-1)11-23-15-21-14-22(26-12-18-9-5-2-6-10-18)20(21)19(13-25-21)24-16-27-22;21-14-20(15-23-11-16-7-3-1-4-8-16)19(18(22)13-25-20)24-12-17-9-5-2-6-10-17;9-3-7-2-8(10)6(7)5(1-12-7)11-4-13-8/h7-9,11-20,27-28,34-35H,10,22-26H2,1-6H3;3-15,25-26,30H,16-19H2,1-2H3;1-10,19-20H,11-16H2;1-10,18-19,21-22H,11-15H2;5-6,9-10H,1-4H2/t34-,35?,36-,37?,49?;25-,26?,27-,28?;19-,20?,21-,22?;18-,19?,20-;5-,6?,7-,8?/m11111/s1/i23T;16T;2*13T;1T/t23-,34+,35?,36+,37?,49?;16-,25+,26?,27+,28?;13-,19+,20?,21+,22?;13-,18+,19?,20+;1-,5+,6?,7+,8?/m00000. The van der Waals surface area contributed by atoms with E-state index in [9.17, 15) is 30.8 Å². The second kappa shape index (κ2) is 47.3. The Bertz CT molecular complexity index is 6120. The molecule has 13 aliphatic rings. The molecular weight excluding hydrogens is 1940 g/mol. The molecule has 25 atom stereocenters. The zero-order valence-corrected chi connectivity index (χ0v) is 86.2. The van der Waals surface area contributed by atoms with Crippen molar-refractivity contribution in [2.24, 2.45) is 23.7 Å². The van der Waals surface area contributed by atoms with Gasteiger partial charge in [-0.1, -0.05) is 231 Å². The number of rotatable bonds is 40. The molecule has 9 saturated heterocycles. The lowest BCUT2D eigenvalue weighted by atomic mass is 9.63. The summed E-state index contributed by atoms with van der Waals surface area (Å²) in [4.78, 5) is 0. The molecule has 9 aliphatic heterocycles. The van der Waals surface area contributed by atoms with Crippen LogP contribution in [-0.2, 0) is 137 Å². The van der Waals surface area contributed by atoms with E-state index in [1.807, 2.05) is 267 Å². The Morgan fingerprint density at radius 1 is 0.393 bits per heavy atom. The number of benzene rings is 10. The van der Waals surface area contributed by atoms with Crippen LogP contribution in [0.4, 0.5) is 0 Å². The van der Waals surface area contributed by atoms with Crippen molar-refractivity contribution in [3.63, 3.8) is 0 Å². The summed E-state index contributed by atoms with van der Waals surface area (Å²) in [5.41, 5.74) is 2.85. The average Bonchev–Trinajstić information content (AvgIpc) is 1.46. The second-order valence-corrected chi connectivity index (χ2v) is 41.5. The largest absolute Gasteiger partial charge is 0.497 e. The fourth-order valence-corrected chi connectivity index (χ4v) is 24.8. The molecule has 9 heterocycles. The van der Waals surface area contributed by atoms with Gasteiger partial charge in [0.15, 0.2) is 50.3 Å². The van der Waals surface area contributed by atoms with Gasteiger partial charge in [-0.15, -0.1) is 0 Å². The van der Waals surface area contributed by atoms with Crippen LogP contribution >= 0.6 is 8.53 Å². The lowest BCUT2D eigenvalue weighted by molar-refractivity contribution is -0.421. The topological polar surface area (TPSA) is 359 Å². The van der Waals surface area contributed by atoms with Crippen molar-refractivity contribution in [2.45, 2.75) is 197 Å². The van der Waals surface area contributed by atoms with Gasteiger partial charge < -0.3 is 139 Å². The van der Waals surface area contributed by atoms with Crippen LogP contribution in [0.1, 0.15) is 122 Å². The van der Waals surface area contributed by atoms with Gasteiger partial charge in [-0.3, -0.25) is 4.52 Å². The molecule has 5 N–H and O–H groups in total. The molecule has 0 spiro atoms. The third kappa shape index (κ3) is 21.8. The van der Waals surface area contributed by atoms with Crippen LogP contribution in [0.5, 0.6) is 23.0 Å². The number of aliphatic hydroxyl groups is 5. The molecule has 10 aromatic rings. The molecule has 13 fully saturated rings. The van der Waals surface area contributed by atoms with Crippen molar-refractivity contribution in [1.82, 2.24) is 4.67 Å². The third-order valence-corrected chi connectivity index (χ3v) is 32.5. The molecule has 32 nitrogen and oxygen atoms in total. The predicted octanol–water partition coefficient (Wildman–Crippen LogP) is 15.0. The number of nitrogens with zero attached hydrogens (tertiary/aromatic N) is 2. The van der Waals surface area contributed by atoms with Gasteiger partial charge in [0.25, 0.3) is 8.53 Å². The van der Waals surface area contributed by atoms with E-state index in [4.69, 9.17) is 125 Å². The van der Waals surface area contributed by atoms with Crippen LogP contribution < -0.4 is 18.9 Å². The lowest BCUT2D eigenvalue weighted by Crippen LogP contribution is -2.72. The van der Waals surface area contributed by atoms with Crippen LogP contribution in [0.15, 0.2) is 279 Å². The molecule has 4 aliphatic carbocycles. The maximum atomic E-state index is 11.0. The van der Waals surface area contributed by atoms with Crippen molar-refractivity contribution in [3.05, 3.63) is 335 Å². The maximum absolute atomic E-state index is 11.0. The van der Waals surface area contributed by atoms with Gasteiger partial charge in [0.05, 0.1) is 201 Å². The number of ether oxygens (including phenoxy) is 23. The van der Waals surface area contributed by atoms with Gasteiger partial charge >= 0.3 is 0 Å². The van der Waals surface area contributed by atoms with Crippen molar-refractivity contribution < 1.29 is 150 Å². The smallest absolute Gasteiger partial charge is 0.261 e. The summed E-state index contributed by atoms with van der Waals surface area (Å²) in [5, 5.41) is 59.7. The molecule has 800 valence electrons. The minimum atomic E-state index is -1.64. The van der Waals surface area contributed by atoms with Crippen LogP contribution in [0.25, 0.3) is 0 Å². The molecule has 0 amide bonds. The average molecular weight is 2090 g/mol. The molecule has 4 saturated carbocycles. The molecule has 10 unspecified atom stereocenters.